The zero-order valence-corrected chi connectivity index (χ0v) is 35.8. The van der Waals surface area contributed by atoms with Crippen molar-refractivity contribution < 1.29 is 9.59 Å². The van der Waals surface area contributed by atoms with Crippen LogP contribution in [-0.4, -0.2) is 21.5 Å². The molecule has 0 aliphatic heterocycles. The van der Waals surface area contributed by atoms with E-state index in [2.05, 4.69) is 36.4 Å². The van der Waals surface area contributed by atoms with E-state index < -0.39 is 0 Å². The van der Waals surface area contributed by atoms with Gasteiger partial charge in [-0.15, -0.1) is 22.7 Å². The van der Waals surface area contributed by atoms with Gasteiger partial charge in [0.25, 0.3) is 0 Å². The minimum absolute atomic E-state index is 0.0513. The Kier molecular flexibility index (Phi) is 8.82. The number of carbonyl (C=O) groups is 2. The molecule has 8 aliphatic rings. The third-order valence-electron chi connectivity index (χ3n) is 14.4. The van der Waals surface area contributed by atoms with Crippen LogP contribution >= 0.6 is 22.7 Å². The lowest BCUT2D eigenvalue weighted by atomic mass is 9.67. The largest absolute Gasteiger partial charge is 0.289 e. The fourth-order valence-corrected chi connectivity index (χ4v) is 13.9. The maximum atomic E-state index is 14.1. The number of Topliss-reactive ketones (excluding diaryl/α,β-unsaturated/α-hetero) is 2. The lowest BCUT2D eigenvalue weighted by molar-refractivity contribution is -0.112. The quantitative estimate of drug-likeness (QED) is 0.182. The predicted molar refractivity (Wildman–Crippen MR) is 239 cm³/mol. The maximum absolute atomic E-state index is 14.1. The molecular formula is C52H38N6O2S2. The van der Waals surface area contributed by atoms with Crippen LogP contribution in [0.3, 0.4) is 0 Å². The fraction of sp³-hybridized carbons (Fsp3) is 0.308. The van der Waals surface area contributed by atoms with E-state index in [9.17, 15) is 30.6 Å². The zero-order valence-electron chi connectivity index (χ0n) is 34.2. The monoisotopic (exact) mass is 842 g/mol. The summed E-state index contributed by atoms with van der Waals surface area (Å²) < 4.78 is 0. The summed E-state index contributed by atoms with van der Waals surface area (Å²) in [7, 11) is 0. The van der Waals surface area contributed by atoms with Crippen molar-refractivity contribution in [1.82, 2.24) is 9.97 Å². The smallest absolute Gasteiger partial charge is 0.194 e. The van der Waals surface area contributed by atoms with Crippen LogP contribution in [0.5, 0.6) is 0 Å². The molecule has 10 heteroatoms. The highest BCUT2D eigenvalue weighted by Crippen LogP contribution is 2.64. The summed E-state index contributed by atoms with van der Waals surface area (Å²) in [5.41, 5.74) is 11.5. The highest BCUT2D eigenvalue weighted by atomic mass is 32.1. The number of nitriles is 4. The van der Waals surface area contributed by atoms with Crippen molar-refractivity contribution in [3.05, 3.63) is 136 Å². The first-order valence-electron chi connectivity index (χ1n) is 21.6. The van der Waals surface area contributed by atoms with Gasteiger partial charge < -0.3 is 0 Å². The number of aromatic nitrogens is 2. The molecule has 62 heavy (non-hydrogen) atoms. The number of benzene rings is 1. The molecular weight excluding hydrogens is 805 g/mol. The zero-order chi connectivity index (χ0) is 42.5. The summed E-state index contributed by atoms with van der Waals surface area (Å²) in [6.07, 6.45) is 25.9. The molecule has 0 radical (unpaired) electrons. The van der Waals surface area contributed by atoms with Crippen LogP contribution in [-0.2, 0) is 20.4 Å². The van der Waals surface area contributed by atoms with Gasteiger partial charge in [-0.3, -0.25) is 9.59 Å². The second kappa shape index (κ2) is 14.3. The molecule has 300 valence electrons. The van der Waals surface area contributed by atoms with E-state index >= 15 is 0 Å². The van der Waals surface area contributed by atoms with Crippen molar-refractivity contribution in [2.75, 3.05) is 0 Å². The average molecular weight is 843 g/mol. The Labute approximate surface area is 368 Å². The summed E-state index contributed by atoms with van der Waals surface area (Å²) >= 11 is 3.20. The van der Waals surface area contributed by atoms with E-state index in [0.29, 0.717) is 61.0 Å². The van der Waals surface area contributed by atoms with E-state index in [1.807, 2.05) is 49.5 Å². The molecule has 2 aromatic heterocycles. The Balaban J connectivity index is 1.07. The highest BCUT2D eigenvalue weighted by Gasteiger charge is 2.52. The molecule has 3 aromatic rings. The summed E-state index contributed by atoms with van der Waals surface area (Å²) in [5.74, 6) is -0.336. The average Bonchev–Trinajstić information content (AvgIpc) is 4.10. The molecule has 11 rings (SSSR count). The molecule has 2 spiro atoms. The van der Waals surface area contributed by atoms with Gasteiger partial charge in [0, 0.05) is 44.3 Å². The van der Waals surface area contributed by atoms with Crippen molar-refractivity contribution in [2.45, 2.75) is 101 Å². The third-order valence-corrected chi connectivity index (χ3v) is 16.5. The third kappa shape index (κ3) is 5.30. The van der Waals surface area contributed by atoms with E-state index in [-0.39, 0.29) is 33.5 Å². The first kappa shape index (κ1) is 38.4. The number of hydrogen-bond donors (Lipinski definition) is 0. The molecule has 2 heterocycles. The van der Waals surface area contributed by atoms with Crippen LogP contribution in [0, 0.1) is 45.3 Å². The van der Waals surface area contributed by atoms with Gasteiger partial charge in [0.1, 0.15) is 45.4 Å². The minimum Gasteiger partial charge on any atom is -0.289 e. The van der Waals surface area contributed by atoms with E-state index in [4.69, 9.17) is 9.97 Å². The van der Waals surface area contributed by atoms with Crippen LogP contribution in [0.4, 0.5) is 0 Å². The van der Waals surface area contributed by atoms with Crippen molar-refractivity contribution >= 4 is 46.4 Å². The number of hydrogen-bond acceptors (Lipinski definition) is 10. The number of thiazole rings is 2. The molecule has 0 unspecified atom stereocenters. The molecule has 8 nitrogen and oxygen atoms in total. The second-order valence-electron chi connectivity index (χ2n) is 17.6. The SMILES string of the molecule is CC1=CC=C2C(=CC1)C(=O)/C(=C\c1nc3c(s1)-c1cc4c(cc1C31CCCCC1)-c1sc(/C=C3\C(=O)C5=CCCC=C5C3=C(C#N)C#N)nc1C41CCCCC1)C2=C(C#N)C#N. The number of fused-ring (bicyclic) bond motifs is 12. The number of allylic oxidation sites excluding steroid dienone is 16. The lowest BCUT2D eigenvalue weighted by Crippen LogP contribution is -2.30. The normalized spacial score (nSPS) is 22.2. The first-order valence-corrected chi connectivity index (χ1v) is 23.2. The highest BCUT2D eigenvalue weighted by molar-refractivity contribution is 7.16. The van der Waals surface area contributed by atoms with Gasteiger partial charge in [0.15, 0.2) is 11.6 Å². The van der Waals surface area contributed by atoms with E-state index in [1.54, 1.807) is 22.7 Å². The Morgan fingerprint density at radius 1 is 0.613 bits per heavy atom. The molecule has 0 bridgehead atoms. The van der Waals surface area contributed by atoms with Crippen molar-refractivity contribution in [3.63, 3.8) is 0 Å². The summed E-state index contributed by atoms with van der Waals surface area (Å²) in [6, 6.07) is 13.1. The number of rotatable bonds is 2. The number of carbonyl (C=O) groups excluding carboxylic acids is 2. The molecule has 0 saturated heterocycles. The number of nitrogens with zero attached hydrogens (tertiary/aromatic N) is 6. The van der Waals surface area contributed by atoms with Crippen molar-refractivity contribution in [3.8, 4) is 45.2 Å². The van der Waals surface area contributed by atoms with Gasteiger partial charge in [-0.25, -0.2) is 9.97 Å². The molecule has 8 aliphatic carbocycles. The van der Waals surface area contributed by atoms with Gasteiger partial charge in [-0.2, -0.15) is 21.0 Å². The molecule has 0 N–H and O–H groups in total. The van der Waals surface area contributed by atoms with Gasteiger partial charge >= 0.3 is 0 Å². The van der Waals surface area contributed by atoms with E-state index in [1.165, 1.54) is 22.3 Å². The summed E-state index contributed by atoms with van der Waals surface area (Å²) in [6.45, 7) is 2.00. The lowest BCUT2D eigenvalue weighted by Gasteiger charge is -2.36. The van der Waals surface area contributed by atoms with Crippen LogP contribution in [0.2, 0.25) is 0 Å². The second-order valence-corrected chi connectivity index (χ2v) is 19.7. The summed E-state index contributed by atoms with van der Waals surface area (Å²) in [5, 5.41) is 41.5. The Morgan fingerprint density at radius 3 is 1.55 bits per heavy atom. The fourth-order valence-electron chi connectivity index (χ4n) is 11.6. The molecule has 4 saturated carbocycles. The first-order chi connectivity index (χ1) is 30.2. The maximum Gasteiger partial charge on any atom is 0.194 e. The van der Waals surface area contributed by atoms with Crippen LogP contribution in [0.15, 0.2) is 104 Å². The minimum atomic E-state index is -0.288. The van der Waals surface area contributed by atoms with Crippen molar-refractivity contribution in [2.24, 2.45) is 0 Å². The standard InChI is InChI=1S/C52H38N6O2S2/c1-28-12-14-32-34(15-13-28)46(60)38(44(32)30(26-55)27-56)23-42-58-50-48(62-42)36-21-39-35(20-40(36)52(50)18-8-3-9-19-52)47-49(51(39)16-6-2-7-17-51)57-41(61-47)22-37-43(29(24-53)25-54)31-10-4-5-11-33(31)45(37)59/h10-12,14-15,20-23H,2-9,13,16-19H2,1H3/b37-22-,38-23-. The topological polar surface area (TPSA) is 155 Å². The Morgan fingerprint density at radius 2 is 1.06 bits per heavy atom. The van der Waals surface area contributed by atoms with Crippen LogP contribution in [0.25, 0.3) is 33.0 Å². The van der Waals surface area contributed by atoms with Gasteiger partial charge in [-0.1, -0.05) is 74.5 Å². The van der Waals surface area contributed by atoms with Crippen LogP contribution in [0.1, 0.15) is 123 Å². The molecule has 0 amide bonds. The van der Waals surface area contributed by atoms with Crippen LogP contribution < -0.4 is 0 Å². The summed E-state index contributed by atoms with van der Waals surface area (Å²) in [4.78, 5) is 41.1. The predicted octanol–water partition coefficient (Wildman–Crippen LogP) is 11.5. The Bertz CT molecular complexity index is 3110. The number of ketones is 2. The molecule has 1 aromatic carbocycles. The van der Waals surface area contributed by atoms with E-state index in [0.717, 1.165) is 104 Å². The Hall–Kier alpha value is -6.56. The van der Waals surface area contributed by atoms with Gasteiger partial charge in [0.2, 0.25) is 0 Å². The van der Waals surface area contributed by atoms with Gasteiger partial charge in [0.05, 0.1) is 21.1 Å². The molecule has 4 fully saturated rings. The van der Waals surface area contributed by atoms with Gasteiger partial charge in [-0.05, 0) is 110 Å². The van der Waals surface area contributed by atoms with Crippen molar-refractivity contribution in [1.29, 1.82) is 21.0 Å². The molecule has 0 atom stereocenters.